The zero-order chi connectivity index (χ0) is 20.3. The van der Waals surface area contributed by atoms with Gasteiger partial charge in [-0.2, -0.15) is 13.2 Å². The van der Waals surface area contributed by atoms with E-state index in [1.165, 1.54) is 25.2 Å². The van der Waals surface area contributed by atoms with Crippen molar-refractivity contribution >= 4 is 11.9 Å². The van der Waals surface area contributed by atoms with E-state index in [1.807, 2.05) is 4.90 Å². The van der Waals surface area contributed by atoms with Crippen LogP contribution in [-0.2, 0) is 6.18 Å². The maximum absolute atomic E-state index is 13.1. The minimum Gasteiger partial charge on any atom is -0.493 e. The summed E-state index contributed by atoms with van der Waals surface area (Å²) < 4.78 is 44.7. The number of para-hydroxylation sites is 1. The van der Waals surface area contributed by atoms with Crippen molar-refractivity contribution in [3.05, 3.63) is 47.3 Å². The molecule has 28 heavy (non-hydrogen) atoms. The zero-order valence-corrected chi connectivity index (χ0v) is 15.6. The Morgan fingerprint density at radius 1 is 1.32 bits per heavy atom. The number of hydrogen-bond donors (Lipinski definition) is 1. The highest BCUT2D eigenvalue weighted by Gasteiger charge is 2.34. The van der Waals surface area contributed by atoms with Gasteiger partial charge in [0.05, 0.1) is 12.2 Å². The van der Waals surface area contributed by atoms with Gasteiger partial charge in [-0.05, 0) is 31.5 Å². The second-order valence-corrected chi connectivity index (χ2v) is 6.68. The molecule has 0 unspecified atom stereocenters. The average Bonchev–Trinajstić information content (AvgIpc) is 3.14. The van der Waals surface area contributed by atoms with Gasteiger partial charge in [-0.25, -0.2) is 9.97 Å². The van der Waals surface area contributed by atoms with Crippen LogP contribution in [0.1, 0.15) is 28.2 Å². The molecule has 0 radical (unpaired) electrons. The predicted octanol–water partition coefficient (Wildman–Crippen LogP) is 3.07. The lowest BCUT2D eigenvalue weighted by Crippen LogP contribution is -2.26. The first kappa shape index (κ1) is 19.9. The Labute approximate surface area is 160 Å². The Bertz CT molecular complexity index is 857. The van der Waals surface area contributed by atoms with Crippen molar-refractivity contribution in [2.24, 2.45) is 5.92 Å². The minimum atomic E-state index is -4.45. The Morgan fingerprint density at radius 2 is 2.07 bits per heavy atom. The number of benzene rings is 1. The summed E-state index contributed by atoms with van der Waals surface area (Å²) in [5, 5.41) is 2.53. The van der Waals surface area contributed by atoms with Gasteiger partial charge in [0.25, 0.3) is 5.91 Å². The number of alkyl halides is 3. The van der Waals surface area contributed by atoms with Crippen molar-refractivity contribution in [3.8, 4) is 5.75 Å². The van der Waals surface area contributed by atoms with E-state index in [0.29, 0.717) is 24.7 Å². The van der Waals surface area contributed by atoms with Crippen LogP contribution in [0.2, 0.25) is 0 Å². The van der Waals surface area contributed by atoms with Crippen LogP contribution in [0.25, 0.3) is 0 Å². The van der Waals surface area contributed by atoms with E-state index in [4.69, 9.17) is 4.74 Å². The maximum Gasteiger partial charge on any atom is 0.419 e. The van der Waals surface area contributed by atoms with Gasteiger partial charge in [0.1, 0.15) is 11.4 Å². The molecule has 1 fully saturated rings. The molecular formula is C19H21F3N4O2. The normalized spacial score (nSPS) is 16.9. The summed E-state index contributed by atoms with van der Waals surface area (Å²) >= 11 is 0. The van der Waals surface area contributed by atoms with Crippen molar-refractivity contribution in [3.63, 3.8) is 0 Å². The van der Waals surface area contributed by atoms with Gasteiger partial charge in [-0.15, -0.1) is 0 Å². The van der Waals surface area contributed by atoms with Crippen molar-refractivity contribution < 1.29 is 22.7 Å². The monoisotopic (exact) mass is 394 g/mol. The van der Waals surface area contributed by atoms with Crippen LogP contribution < -0.4 is 15.0 Å². The molecule has 0 aliphatic carbocycles. The molecule has 2 aromatic rings. The Hall–Kier alpha value is -2.84. The Morgan fingerprint density at radius 3 is 2.79 bits per heavy atom. The number of halogens is 3. The summed E-state index contributed by atoms with van der Waals surface area (Å²) in [7, 11) is 1.53. The van der Waals surface area contributed by atoms with Crippen molar-refractivity contribution in [1.82, 2.24) is 15.3 Å². The highest BCUT2D eigenvalue weighted by atomic mass is 19.4. The quantitative estimate of drug-likeness (QED) is 0.844. The molecule has 0 bridgehead atoms. The van der Waals surface area contributed by atoms with Crippen molar-refractivity contribution in [1.29, 1.82) is 0 Å². The summed E-state index contributed by atoms with van der Waals surface area (Å²) in [6, 6.07) is 6.80. The van der Waals surface area contributed by atoms with Crippen LogP contribution in [0.3, 0.4) is 0 Å². The molecule has 1 aliphatic rings. The van der Waals surface area contributed by atoms with E-state index < -0.39 is 11.7 Å². The lowest BCUT2D eigenvalue weighted by molar-refractivity contribution is -0.139. The lowest BCUT2D eigenvalue weighted by atomic mass is 10.1. The number of rotatable bonds is 5. The third-order valence-electron chi connectivity index (χ3n) is 4.54. The summed E-state index contributed by atoms with van der Waals surface area (Å²) in [4.78, 5) is 22.4. The SMILES string of the molecule is CNC(=O)c1cc(C)nc(N2CC[C@@H](COc3ccccc3C(F)(F)F)C2)n1. The zero-order valence-electron chi connectivity index (χ0n) is 15.6. The number of ether oxygens (including phenoxy) is 1. The first-order valence-corrected chi connectivity index (χ1v) is 8.89. The molecular weight excluding hydrogens is 373 g/mol. The second-order valence-electron chi connectivity index (χ2n) is 6.68. The van der Waals surface area contributed by atoms with Gasteiger partial charge in [0.15, 0.2) is 0 Å². The van der Waals surface area contributed by atoms with Crippen LogP contribution in [0.5, 0.6) is 5.75 Å². The van der Waals surface area contributed by atoms with Crippen LogP contribution >= 0.6 is 0 Å². The summed E-state index contributed by atoms with van der Waals surface area (Å²) in [6.07, 6.45) is -3.72. The first-order chi connectivity index (χ1) is 13.3. The van der Waals surface area contributed by atoms with E-state index >= 15 is 0 Å². The molecule has 1 amide bonds. The third kappa shape index (κ3) is 4.52. The molecule has 1 aliphatic heterocycles. The number of carbonyl (C=O) groups is 1. The van der Waals surface area contributed by atoms with E-state index in [1.54, 1.807) is 13.0 Å². The molecule has 3 rings (SSSR count). The molecule has 9 heteroatoms. The van der Waals surface area contributed by atoms with Crippen molar-refractivity contribution in [2.75, 3.05) is 31.6 Å². The number of aromatic nitrogens is 2. The highest BCUT2D eigenvalue weighted by Crippen LogP contribution is 2.36. The summed E-state index contributed by atoms with van der Waals surface area (Å²) in [6.45, 7) is 3.14. The van der Waals surface area contributed by atoms with Gasteiger partial charge in [-0.3, -0.25) is 4.79 Å². The summed E-state index contributed by atoms with van der Waals surface area (Å²) in [5.41, 5.74) is 0.174. The van der Waals surface area contributed by atoms with Crippen LogP contribution in [0.15, 0.2) is 30.3 Å². The van der Waals surface area contributed by atoms with Gasteiger partial charge < -0.3 is 15.0 Å². The lowest BCUT2D eigenvalue weighted by Gasteiger charge is -2.18. The molecule has 0 saturated carbocycles. The minimum absolute atomic E-state index is 0.0360. The number of anilines is 1. The van der Waals surface area contributed by atoms with Crippen LogP contribution in [-0.4, -0.2) is 42.6 Å². The van der Waals surface area contributed by atoms with Gasteiger partial charge in [0.2, 0.25) is 5.95 Å². The van der Waals surface area contributed by atoms with Crippen molar-refractivity contribution in [2.45, 2.75) is 19.5 Å². The topological polar surface area (TPSA) is 67.4 Å². The van der Waals surface area contributed by atoms with Crippen LogP contribution in [0, 0.1) is 12.8 Å². The van der Waals surface area contributed by atoms with Gasteiger partial charge >= 0.3 is 6.18 Å². The molecule has 6 nitrogen and oxygen atoms in total. The first-order valence-electron chi connectivity index (χ1n) is 8.89. The van der Waals surface area contributed by atoms with Gasteiger partial charge in [0, 0.05) is 31.7 Å². The Balaban J connectivity index is 1.66. The second kappa shape index (κ2) is 8.04. The number of hydrogen-bond acceptors (Lipinski definition) is 5. The molecule has 0 spiro atoms. The number of nitrogens with zero attached hydrogens (tertiary/aromatic N) is 3. The fourth-order valence-electron chi connectivity index (χ4n) is 3.12. The van der Waals surface area contributed by atoms with Crippen LogP contribution in [0.4, 0.5) is 19.1 Å². The Kier molecular flexibility index (Phi) is 5.71. The molecule has 1 atom stereocenters. The number of amides is 1. The number of nitrogens with one attached hydrogen (secondary N) is 1. The maximum atomic E-state index is 13.1. The van der Waals surface area contributed by atoms with E-state index in [0.717, 1.165) is 12.5 Å². The molecule has 150 valence electrons. The molecule has 1 N–H and O–H groups in total. The fourth-order valence-corrected chi connectivity index (χ4v) is 3.12. The average molecular weight is 394 g/mol. The third-order valence-corrected chi connectivity index (χ3v) is 4.54. The molecule has 1 saturated heterocycles. The van der Waals surface area contributed by atoms with E-state index in [9.17, 15) is 18.0 Å². The number of carbonyl (C=O) groups excluding carboxylic acids is 1. The largest absolute Gasteiger partial charge is 0.493 e. The predicted molar refractivity (Wildman–Crippen MR) is 97.4 cm³/mol. The van der Waals surface area contributed by atoms with E-state index in [2.05, 4.69) is 15.3 Å². The smallest absolute Gasteiger partial charge is 0.419 e. The fraction of sp³-hybridized carbons (Fsp3) is 0.421. The molecule has 2 heterocycles. The highest BCUT2D eigenvalue weighted by molar-refractivity contribution is 5.92. The molecule has 1 aromatic heterocycles. The molecule has 1 aromatic carbocycles. The number of aryl methyl sites for hydroxylation is 1. The standard InChI is InChI=1S/C19H21F3N4O2/c1-12-9-15(17(27)23-2)25-18(24-12)26-8-7-13(10-26)11-28-16-6-4-3-5-14(16)19(20,21)22/h3-6,9,13H,7-8,10-11H2,1-2H3,(H,23,27)/t13-/m1/s1. The summed E-state index contributed by atoms with van der Waals surface area (Å²) in [5.74, 6) is 0.0161. The van der Waals surface area contributed by atoms with Gasteiger partial charge in [-0.1, -0.05) is 12.1 Å². The van der Waals surface area contributed by atoms with E-state index in [-0.39, 0.29) is 29.9 Å².